The summed E-state index contributed by atoms with van der Waals surface area (Å²) in [5.74, 6) is -1.68. The molecule has 0 saturated heterocycles. The summed E-state index contributed by atoms with van der Waals surface area (Å²) in [6.45, 7) is 1.01. The fourth-order valence-corrected chi connectivity index (χ4v) is 4.05. The van der Waals surface area contributed by atoms with E-state index in [2.05, 4.69) is 0 Å². The van der Waals surface area contributed by atoms with Crippen molar-refractivity contribution in [3.8, 4) is 0 Å². The first-order valence-electron chi connectivity index (χ1n) is 9.02. The van der Waals surface area contributed by atoms with Gasteiger partial charge < -0.3 is 14.9 Å². The Morgan fingerprint density at radius 2 is 2.07 bits per heavy atom. The highest BCUT2D eigenvalue weighted by Crippen LogP contribution is 2.40. The van der Waals surface area contributed by atoms with Crippen molar-refractivity contribution in [1.82, 2.24) is 9.80 Å². The van der Waals surface area contributed by atoms with Gasteiger partial charge in [-0.25, -0.2) is 0 Å². The quantitative estimate of drug-likeness (QED) is 0.403. The number of ketones is 1. The average Bonchev–Trinajstić information content (AvgIpc) is 3.30. The normalized spacial score (nSPS) is 16.7. The van der Waals surface area contributed by atoms with Crippen molar-refractivity contribution in [1.29, 1.82) is 0 Å². The van der Waals surface area contributed by atoms with Crippen molar-refractivity contribution in [2.75, 3.05) is 27.2 Å². The highest BCUT2D eigenvalue weighted by Gasteiger charge is 2.44. The molecule has 3 rings (SSSR count). The molecular weight excluding hydrogens is 394 g/mol. The van der Waals surface area contributed by atoms with Crippen LogP contribution in [0.25, 0.3) is 0 Å². The zero-order valence-corrected chi connectivity index (χ0v) is 16.9. The van der Waals surface area contributed by atoms with Crippen LogP contribution in [-0.2, 0) is 4.79 Å². The molecule has 2 aromatic rings. The lowest BCUT2D eigenvalue weighted by molar-refractivity contribution is -0.384. The molecule has 2 heterocycles. The van der Waals surface area contributed by atoms with E-state index in [4.69, 9.17) is 0 Å². The van der Waals surface area contributed by atoms with Crippen LogP contribution in [-0.4, -0.2) is 58.7 Å². The van der Waals surface area contributed by atoms with Crippen molar-refractivity contribution in [2.24, 2.45) is 0 Å². The van der Waals surface area contributed by atoms with Crippen LogP contribution in [0.4, 0.5) is 5.69 Å². The number of Topliss-reactive ketones (excluding diaryl/α,β-unsaturated/α-hetero) is 1. The third-order valence-electron chi connectivity index (χ3n) is 4.69. The summed E-state index contributed by atoms with van der Waals surface area (Å²) in [7, 11) is 3.82. The smallest absolute Gasteiger partial charge is 0.290 e. The van der Waals surface area contributed by atoms with E-state index >= 15 is 0 Å². The highest BCUT2D eigenvalue weighted by molar-refractivity contribution is 7.12. The number of carbonyl (C=O) groups is 2. The molecule has 8 nitrogen and oxygen atoms in total. The van der Waals surface area contributed by atoms with E-state index in [-0.39, 0.29) is 11.3 Å². The van der Waals surface area contributed by atoms with Gasteiger partial charge in [0.1, 0.15) is 0 Å². The summed E-state index contributed by atoms with van der Waals surface area (Å²) in [5.41, 5.74) is 0.238. The fourth-order valence-electron chi connectivity index (χ4n) is 3.37. The van der Waals surface area contributed by atoms with Crippen LogP contribution in [0.15, 0.2) is 53.1 Å². The molecule has 1 N–H and O–H groups in total. The second-order valence-corrected chi connectivity index (χ2v) is 7.93. The molecule has 1 amide bonds. The number of rotatable bonds is 8. The number of nitrogens with zero attached hydrogens (tertiary/aromatic N) is 3. The van der Waals surface area contributed by atoms with Gasteiger partial charge >= 0.3 is 0 Å². The van der Waals surface area contributed by atoms with E-state index in [0.717, 1.165) is 0 Å². The molecule has 1 atom stereocenters. The third kappa shape index (κ3) is 4.20. The van der Waals surface area contributed by atoms with Crippen molar-refractivity contribution < 1.29 is 19.6 Å². The predicted octanol–water partition coefficient (Wildman–Crippen LogP) is 3.19. The summed E-state index contributed by atoms with van der Waals surface area (Å²) >= 11 is 1.21. The summed E-state index contributed by atoms with van der Waals surface area (Å²) in [4.78, 5) is 40.3. The van der Waals surface area contributed by atoms with Gasteiger partial charge in [-0.1, -0.05) is 18.2 Å². The standard InChI is InChI=1S/C20H21N3O5S/c1-21(2)9-5-10-22-17(13-6-3-7-14(12-13)23(27)28)16(19(25)20(22)26)18(24)15-8-4-11-29-15/h3-4,6-8,11-12,17,25H,5,9-10H2,1-2H3/t17-/m0/s1. The molecule has 9 heteroatoms. The molecule has 152 valence electrons. The number of hydrogen-bond donors (Lipinski definition) is 1. The molecule has 0 radical (unpaired) electrons. The molecule has 0 fully saturated rings. The topological polar surface area (TPSA) is 104 Å². The second kappa shape index (κ2) is 8.54. The molecular formula is C20H21N3O5S. The molecule has 0 unspecified atom stereocenters. The zero-order valence-electron chi connectivity index (χ0n) is 16.1. The maximum absolute atomic E-state index is 13.1. The summed E-state index contributed by atoms with van der Waals surface area (Å²) in [6.07, 6.45) is 0.623. The van der Waals surface area contributed by atoms with Crippen LogP contribution in [0.5, 0.6) is 0 Å². The molecule has 1 aromatic carbocycles. The molecule has 0 saturated carbocycles. The first-order valence-corrected chi connectivity index (χ1v) is 9.90. The van der Waals surface area contributed by atoms with Gasteiger partial charge in [-0.2, -0.15) is 0 Å². The van der Waals surface area contributed by atoms with Crippen LogP contribution in [0.1, 0.15) is 27.7 Å². The van der Waals surface area contributed by atoms with E-state index in [1.165, 1.54) is 34.4 Å². The lowest BCUT2D eigenvalue weighted by Gasteiger charge is -2.27. The van der Waals surface area contributed by atoms with E-state index in [1.807, 2.05) is 19.0 Å². The van der Waals surface area contributed by atoms with Crippen LogP contribution < -0.4 is 0 Å². The summed E-state index contributed by atoms with van der Waals surface area (Å²) in [5, 5.41) is 23.5. The SMILES string of the molecule is CN(C)CCCN1C(=O)C(O)=C(C(=O)c2cccs2)[C@@H]1c1cccc([N+](=O)[O-])c1. The summed E-state index contributed by atoms with van der Waals surface area (Å²) in [6, 6.07) is 8.29. The minimum absolute atomic E-state index is 0.0391. The van der Waals surface area contributed by atoms with Gasteiger partial charge in [-0.05, 0) is 44.1 Å². The zero-order chi connectivity index (χ0) is 21.1. The molecule has 1 aromatic heterocycles. The number of amides is 1. The molecule has 1 aliphatic rings. The van der Waals surface area contributed by atoms with Crippen LogP contribution in [0.2, 0.25) is 0 Å². The van der Waals surface area contributed by atoms with Crippen LogP contribution >= 0.6 is 11.3 Å². The number of aliphatic hydroxyl groups is 1. The number of thiophene rings is 1. The fraction of sp³-hybridized carbons (Fsp3) is 0.300. The van der Waals surface area contributed by atoms with E-state index in [1.54, 1.807) is 23.6 Å². The van der Waals surface area contributed by atoms with Gasteiger partial charge in [0.05, 0.1) is 21.4 Å². The Morgan fingerprint density at radius 1 is 1.31 bits per heavy atom. The van der Waals surface area contributed by atoms with E-state index < -0.39 is 28.4 Å². The number of aliphatic hydroxyl groups excluding tert-OH is 1. The Kier molecular flexibility index (Phi) is 6.09. The first-order chi connectivity index (χ1) is 13.8. The van der Waals surface area contributed by atoms with Gasteiger partial charge in [-0.15, -0.1) is 11.3 Å². The number of non-ortho nitro benzene ring substituents is 1. The van der Waals surface area contributed by atoms with Crippen molar-refractivity contribution in [2.45, 2.75) is 12.5 Å². The van der Waals surface area contributed by atoms with E-state index in [0.29, 0.717) is 30.0 Å². The molecule has 0 spiro atoms. The Morgan fingerprint density at radius 3 is 2.69 bits per heavy atom. The number of nitro groups is 1. The molecule has 0 bridgehead atoms. The number of hydrogen-bond acceptors (Lipinski definition) is 7. The third-order valence-corrected chi connectivity index (χ3v) is 5.56. The van der Waals surface area contributed by atoms with Crippen LogP contribution in [0.3, 0.4) is 0 Å². The summed E-state index contributed by atoms with van der Waals surface area (Å²) < 4.78 is 0. The minimum Gasteiger partial charge on any atom is -0.503 e. The molecule has 29 heavy (non-hydrogen) atoms. The monoisotopic (exact) mass is 415 g/mol. The van der Waals surface area contributed by atoms with Crippen molar-refractivity contribution in [3.63, 3.8) is 0 Å². The lowest BCUT2D eigenvalue weighted by Crippen LogP contribution is -2.33. The maximum atomic E-state index is 13.1. The maximum Gasteiger partial charge on any atom is 0.290 e. The number of carbonyl (C=O) groups excluding carboxylic acids is 2. The van der Waals surface area contributed by atoms with Gasteiger partial charge in [-0.3, -0.25) is 19.7 Å². The minimum atomic E-state index is -0.876. The Labute approximate surface area is 171 Å². The largest absolute Gasteiger partial charge is 0.503 e. The second-order valence-electron chi connectivity index (χ2n) is 6.98. The number of nitro benzene ring substituents is 1. The Balaban J connectivity index is 2.04. The first kappa shape index (κ1) is 20.7. The van der Waals surface area contributed by atoms with Gasteiger partial charge in [0.25, 0.3) is 11.6 Å². The van der Waals surface area contributed by atoms with Gasteiger partial charge in [0.15, 0.2) is 5.76 Å². The van der Waals surface area contributed by atoms with Crippen LogP contribution in [0, 0.1) is 10.1 Å². The predicted molar refractivity (Wildman–Crippen MR) is 109 cm³/mol. The van der Waals surface area contributed by atoms with Gasteiger partial charge in [0, 0.05) is 18.7 Å². The highest BCUT2D eigenvalue weighted by atomic mass is 32.1. The Bertz CT molecular complexity index is 968. The lowest BCUT2D eigenvalue weighted by atomic mass is 9.95. The van der Waals surface area contributed by atoms with Crippen molar-refractivity contribution >= 4 is 28.7 Å². The average molecular weight is 415 g/mol. The number of benzene rings is 1. The van der Waals surface area contributed by atoms with E-state index in [9.17, 15) is 24.8 Å². The van der Waals surface area contributed by atoms with Crippen molar-refractivity contribution in [3.05, 3.63) is 73.7 Å². The molecule has 1 aliphatic heterocycles. The van der Waals surface area contributed by atoms with Gasteiger partial charge in [0.2, 0.25) is 5.78 Å². The molecule has 0 aliphatic carbocycles. The Hall–Kier alpha value is -3.04.